The minimum atomic E-state index is 0.126. The molecule has 0 aliphatic carbocycles. The number of ether oxygens (including phenoxy) is 2. The van der Waals surface area contributed by atoms with Crippen molar-refractivity contribution in [3.63, 3.8) is 0 Å². The maximum atomic E-state index is 6.19. The summed E-state index contributed by atoms with van der Waals surface area (Å²) in [6.45, 7) is 6.79. The minimum absolute atomic E-state index is 0.126. The summed E-state index contributed by atoms with van der Waals surface area (Å²) in [7, 11) is 1.77. The van der Waals surface area contributed by atoms with E-state index in [1.807, 2.05) is 12.1 Å². The van der Waals surface area contributed by atoms with Gasteiger partial charge in [-0.2, -0.15) is 0 Å². The molecule has 2 aromatic heterocycles. The van der Waals surface area contributed by atoms with E-state index >= 15 is 0 Å². The van der Waals surface area contributed by atoms with E-state index in [0.717, 1.165) is 47.3 Å². The average Bonchev–Trinajstić information content (AvgIpc) is 3.39. The first-order valence-corrected chi connectivity index (χ1v) is 10.3. The monoisotopic (exact) mass is 407 g/mol. The van der Waals surface area contributed by atoms with Gasteiger partial charge in [-0.15, -0.1) is 0 Å². The van der Waals surface area contributed by atoms with Crippen molar-refractivity contribution in [1.29, 1.82) is 0 Å². The van der Waals surface area contributed by atoms with Crippen LogP contribution in [0.5, 0.6) is 5.75 Å². The first-order chi connectivity index (χ1) is 14.6. The van der Waals surface area contributed by atoms with Crippen molar-refractivity contribution in [2.24, 2.45) is 4.99 Å². The summed E-state index contributed by atoms with van der Waals surface area (Å²) in [5.74, 6) is 1.63. The van der Waals surface area contributed by atoms with Gasteiger partial charge < -0.3 is 24.5 Å². The number of rotatable bonds is 6. The van der Waals surface area contributed by atoms with Crippen LogP contribution in [0.25, 0.3) is 5.65 Å². The molecule has 0 saturated carbocycles. The number of fused-ring (bicyclic) bond motifs is 1. The van der Waals surface area contributed by atoms with Crippen LogP contribution < -0.4 is 15.4 Å². The Bertz CT molecular complexity index is 1040. The third kappa shape index (κ3) is 4.74. The molecule has 0 radical (unpaired) electrons. The number of hydrogen-bond donors (Lipinski definition) is 2. The second kappa shape index (κ2) is 9.17. The molecule has 1 fully saturated rings. The van der Waals surface area contributed by atoms with Gasteiger partial charge in [0.05, 0.1) is 25.5 Å². The predicted molar refractivity (Wildman–Crippen MR) is 118 cm³/mol. The van der Waals surface area contributed by atoms with Gasteiger partial charge in [-0.3, -0.25) is 4.99 Å². The van der Waals surface area contributed by atoms with Crippen LogP contribution in [0.1, 0.15) is 28.9 Å². The largest absolute Gasteiger partial charge is 0.488 e. The van der Waals surface area contributed by atoms with Crippen molar-refractivity contribution >= 4 is 11.6 Å². The van der Waals surface area contributed by atoms with E-state index in [9.17, 15) is 0 Å². The van der Waals surface area contributed by atoms with Gasteiger partial charge in [0.25, 0.3) is 0 Å². The average molecular weight is 408 g/mol. The third-order valence-corrected chi connectivity index (χ3v) is 5.26. The highest BCUT2D eigenvalue weighted by Crippen LogP contribution is 2.23. The van der Waals surface area contributed by atoms with Crippen LogP contribution in [0.15, 0.2) is 47.6 Å². The first kappa shape index (κ1) is 20.2. The number of aliphatic imine (C=N–C) groups is 1. The number of aryl methyl sites for hydroxylation is 2. The molecular weight excluding hydrogens is 378 g/mol. The molecule has 7 nitrogen and oxygen atoms in total. The molecule has 7 heteroatoms. The summed E-state index contributed by atoms with van der Waals surface area (Å²) in [6.07, 6.45) is 3.12. The maximum Gasteiger partial charge on any atom is 0.191 e. The number of nitrogens with zero attached hydrogens (tertiary/aromatic N) is 3. The van der Waals surface area contributed by atoms with Crippen LogP contribution in [-0.4, -0.2) is 41.7 Å². The van der Waals surface area contributed by atoms with Crippen LogP contribution >= 0.6 is 0 Å². The van der Waals surface area contributed by atoms with E-state index in [1.54, 1.807) is 7.05 Å². The van der Waals surface area contributed by atoms with Crippen LogP contribution in [0, 0.1) is 13.8 Å². The Labute approximate surface area is 177 Å². The molecule has 158 valence electrons. The summed E-state index contributed by atoms with van der Waals surface area (Å²) >= 11 is 0. The molecule has 1 aromatic carbocycles. The van der Waals surface area contributed by atoms with E-state index in [0.29, 0.717) is 19.7 Å². The number of hydrogen-bond acceptors (Lipinski definition) is 4. The summed E-state index contributed by atoms with van der Waals surface area (Å²) in [5, 5.41) is 6.72. The molecule has 3 heterocycles. The lowest BCUT2D eigenvalue weighted by Crippen LogP contribution is -2.36. The van der Waals surface area contributed by atoms with Gasteiger partial charge in [-0.05, 0) is 37.6 Å². The van der Waals surface area contributed by atoms with Gasteiger partial charge in [-0.25, -0.2) is 4.98 Å². The molecule has 1 aliphatic heterocycles. The second-order valence-electron chi connectivity index (χ2n) is 7.62. The zero-order chi connectivity index (χ0) is 20.9. The molecule has 1 aliphatic rings. The van der Waals surface area contributed by atoms with Gasteiger partial charge in [-0.1, -0.05) is 18.2 Å². The Morgan fingerprint density at radius 3 is 2.87 bits per heavy atom. The highest BCUT2D eigenvalue weighted by Gasteiger charge is 2.18. The van der Waals surface area contributed by atoms with Gasteiger partial charge >= 0.3 is 0 Å². The lowest BCUT2D eigenvalue weighted by atomic mass is 10.1. The number of imidazole rings is 1. The van der Waals surface area contributed by atoms with Crippen molar-refractivity contribution in [3.05, 3.63) is 65.1 Å². The molecule has 1 unspecified atom stereocenters. The van der Waals surface area contributed by atoms with E-state index < -0.39 is 0 Å². The summed E-state index contributed by atoms with van der Waals surface area (Å²) in [4.78, 5) is 9.00. The Hall–Kier alpha value is -3.06. The Morgan fingerprint density at radius 1 is 1.23 bits per heavy atom. The predicted octanol–water partition coefficient (Wildman–Crippen LogP) is 2.98. The van der Waals surface area contributed by atoms with Crippen LogP contribution in [0.4, 0.5) is 0 Å². The maximum absolute atomic E-state index is 6.19. The summed E-state index contributed by atoms with van der Waals surface area (Å²) in [6, 6.07) is 12.4. The van der Waals surface area contributed by atoms with Crippen molar-refractivity contribution < 1.29 is 9.47 Å². The molecule has 0 spiro atoms. The zero-order valence-corrected chi connectivity index (χ0v) is 17.8. The fourth-order valence-electron chi connectivity index (χ4n) is 3.56. The highest BCUT2D eigenvalue weighted by atomic mass is 16.5. The molecule has 2 N–H and O–H groups in total. The topological polar surface area (TPSA) is 72.2 Å². The quantitative estimate of drug-likeness (QED) is 0.486. The van der Waals surface area contributed by atoms with Gasteiger partial charge in [0.2, 0.25) is 0 Å². The van der Waals surface area contributed by atoms with Crippen LogP contribution in [0.2, 0.25) is 0 Å². The summed E-state index contributed by atoms with van der Waals surface area (Å²) in [5.41, 5.74) is 5.35. The van der Waals surface area contributed by atoms with Gasteiger partial charge in [0, 0.05) is 37.5 Å². The van der Waals surface area contributed by atoms with E-state index in [-0.39, 0.29) is 6.10 Å². The standard InChI is InChI=1S/C23H29N5O2/c1-16-7-8-18(21(11-16)30-20-9-10-29-15-20)12-25-23(24-3)26-13-19-14-28-17(2)5-4-6-22(28)27-19/h4-8,11,14,20H,9-10,12-13,15H2,1-3H3,(H2,24,25,26). The Morgan fingerprint density at radius 2 is 2.10 bits per heavy atom. The number of aromatic nitrogens is 2. The number of benzene rings is 1. The number of nitrogens with one attached hydrogen (secondary N) is 2. The molecule has 1 saturated heterocycles. The van der Waals surface area contributed by atoms with Crippen LogP contribution in [-0.2, 0) is 17.8 Å². The number of guanidine groups is 1. The SMILES string of the molecule is CN=C(NCc1cn2c(C)cccc2n1)NCc1ccc(C)cc1OC1CCOC1. The fraction of sp³-hybridized carbons (Fsp3) is 0.391. The summed E-state index contributed by atoms with van der Waals surface area (Å²) < 4.78 is 13.7. The van der Waals surface area contributed by atoms with Crippen molar-refractivity contribution in [2.75, 3.05) is 20.3 Å². The first-order valence-electron chi connectivity index (χ1n) is 10.3. The van der Waals surface area contributed by atoms with Gasteiger partial charge in [0.1, 0.15) is 17.5 Å². The minimum Gasteiger partial charge on any atom is -0.488 e. The van der Waals surface area contributed by atoms with Crippen molar-refractivity contribution in [2.45, 2.75) is 39.5 Å². The number of pyridine rings is 1. The van der Waals surface area contributed by atoms with Crippen molar-refractivity contribution in [3.8, 4) is 5.75 Å². The lowest BCUT2D eigenvalue weighted by molar-refractivity contribution is 0.140. The molecular formula is C23H29N5O2. The molecule has 3 aromatic rings. The molecule has 0 bridgehead atoms. The normalized spacial score (nSPS) is 16.8. The van der Waals surface area contributed by atoms with E-state index in [1.165, 1.54) is 5.56 Å². The van der Waals surface area contributed by atoms with E-state index in [4.69, 9.17) is 9.47 Å². The third-order valence-electron chi connectivity index (χ3n) is 5.26. The molecule has 0 amide bonds. The van der Waals surface area contributed by atoms with Crippen LogP contribution in [0.3, 0.4) is 0 Å². The van der Waals surface area contributed by atoms with E-state index in [2.05, 4.69) is 69.3 Å². The molecule has 1 atom stereocenters. The Balaban J connectivity index is 1.37. The molecule has 4 rings (SSSR count). The fourth-order valence-corrected chi connectivity index (χ4v) is 3.56. The molecule has 30 heavy (non-hydrogen) atoms. The zero-order valence-electron chi connectivity index (χ0n) is 17.8. The highest BCUT2D eigenvalue weighted by molar-refractivity contribution is 5.79. The second-order valence-corrected chi connectivity index (χ2v) is 7.62. The smallest absolute Gasteiger partial charge is 0.191 e. The van der Waals surface area contributed by atoms with Crippen molar-refractivity contribution in [1.82, 2.24) is 20.0 Å². The lowest BCUT2D eigenvalue weighted by Gasteiger charge is -2.18. The van der Waals surface area contributed by atoms with Gasteiger partial charge in [0.15, 0.2) is 5.96 Å². The Kier molecular flexibility index (Phi) is 6.18.